The Morgan fingerprint density at radius 1 is 1.18 bits per heavy atom. The van der Waals surface area contributed by atoms with Crippen LogP contribution in [0.4, 0.5) is 5.69 Å². The monoisotopic (exact) mass is 458 g/mol. The molecule has 2 aromatic heterocycles. The van der Waals surface area contributed by atoms with E-state index in [0.29, 0.717) is 22.2 Å². The Hall–Kier alpha value is -3.11. The van der Waals surface area contributed by atoms with Crippen molar-refractivity contribution in [2.75, 3.05) is 4.90 Å². The van der Waals surface area contributed by atoms with Crippen molar-refractivity contribution >= 4 is 40.2 Å². The molecule has 0 saturated carbocycles. The molecule has 1 fully saturated rings. The van der Waals surface area contributed by atoms with Crippen molar-refractivity contribution in [2.24, 2.45) is 11.3 Å². The number of anilines is 1. The fourth-order valence-electron chi connectivity index (χ4n) is 4.83. The number of amides is 2. The highest BCUT2D eigenvalue weighted by molar-refractivity contribution is 8.00. The van der Waals surface area contributed by atoms with Gasteiger partial charge in [-0.05, 0) is 65.8 Å². The molecule has 6 nitrogen and oxygen atoms in total. The van der Waals surface area contributed by atoms with Crippen LogP contribution in [0.2, 0.25) is 0 Å². The van der Waals surface area contributed by atoms with Gasteiger partial charge in [0.2, 0.25) is 11.8 Å². The van der Waals surface area contributed by atoms with Crippen LogP contribution in [0.3, 0.4) is 0 Å². The lowest BCUT2D eigenvalue weighted by molar-refractivity contribution is -0.121. The van der Waals surface area contributed by atoms with E-state index in [1.807, 2.05) is 30.5 Å². The highest BCUT2D eigenvalue weighted by Gasteiger charge is 2.41. The van der Waals surface area contributed by atoms with Gasteiger partial charge in [0.25, 0.3) is 0 Å². The van der Waals surface area contributed by atoms with Gasteiger partial charge in [0.15, 0.2) is 0 Å². The van der Waals surface area contributed by atoms with E-state index < -0.39 is 5.25 Å². The molecule has 1 N–H and O–H groups in total. The minimum atomic E-state index is -0.583. The summed E-state index contributed by atoms with van der Waals surface area (Å²) in [5.74, 6) is 0.0662. The SMILES string of the molecule is CC(C)(C)C1CCc2nc(SC3CC(=O)N(c4ccc5cc[nH]c5c4)C3=O)c(C#N)cc2C1. The molecule has 2 amide bonds. The molecule has 1 aliphatic carbocycles. The summed E-state index contributed by atoms with van der Waals surface area (Å²) in [6.45, 7) is 6.77. The summed E-state index contributed by atoms with van der Waals surface area (Å²) < 4.78 is 0. The molecule has 168 valence electrons. The summed E-state index contributed by atoms with van der Waals surface area (Å²) in [6.07, 6.45) is 4.78. The Morgan fingerprint density at radius 2 is 2.00 bits per heavy atom. The molecule has 2 atom stereocenters. The average molecular weight is 459 g/mol. The molecule has 7 heteroatoms. The van der Waals surface area contributed by atoms with E-state index in [0.717, 1.165) is 41.4 Å². The molecule has 1 aromatic carbocycles. The maximum atomic E-state index is 13.2. The third kappa shape index (κ3) is 3.93. The predicted molar refractivity (Wildman–Crippen MR) is 129 cm³/mol. The van der Waals surface area contributed by atoms with Crippen LogP contribution in [0.5, 0.6) is 0 Å². The second kappa shape index (κ2) is 8.03. The number of aromatic nitrogens is 2. The summed E-state index contributed by atoms with van der Waals surface area (Å²) in [4.78, 5) is 35.2. The number of imide groups is 1. The Labute approximate surface area is 197 Å². The van der Waals surface area contributed by atoms with Gasteiger partial charge in [-0.2, -0.15) is 5.26 Å². The fraction of sp³-hybridized carbons (Fsp3) is 0.385. The van der Waals surface area contributed by atoms with E-state index in [2.05, 4.69) is 31.8 Å². The molecule has 1 aliphatic heterocycles. The Balaban J connectivity index is 1.40. The topological polar surface area (TPSA) is 89.8 Å². The van der Waals surface area contributed by atoms with Gasteiger partial charge in [-0.1, -0.05) is 38.6 Å². The number of nitrogens with one attached hydrogen (secondary N) is 1. The number of fused-ring (bicyclic) bond motifs is 2. The zero-order valence-corrected chi connectivity index (χ0v) is 19.8. The summed E-state index contributed by atoms with van der Waals surface area (Å²) in [5.41, 5.74) is 4.29. The number of hydrogen-bond donors (Lipinski definition) is 1. The molecule has 0 spiro atoms. The number of pyridine rings is 1. The van der Waals surface area contributed by atoms with E-state index in [9.17, 15) is 14.9 Å². The van der Waals surface area contributed by atoms with Gasteiger partial charge in [-0.15, -0.1) is 0 Å². The summed E-state index contributed by atoms with van der Waals surface area (Å²) >= 11 is 1.24. The van der Waals surface area contributed by atoms with Gasteiger partial charge in [-0.3, -0.25) is 9.59 Å². The first-order valence-corrected chi connectivity index (χ1v) is 12.2. The van der Waals surface area contributed by atoms with Crippen molar-refractivity contribution in [1.82, 2.24) is 9.97 Å². The van der Waals surface area contributed by atoms with Gasteiger partial charge in [0.05, 0.1) is 16.5 Å². The molecule has 1 saturated heterocycles. The molecule has 3 aromatic rings. The minimum absolute atomic E-state index is 0.0992. The van der Waals surface area contributed by atoms with Crippen LogP contribution in [0, 0.1) is 22.7 Å². The van der Waals surface area contributed by atoms with Crippen molar-refractivity contribution in [3.63, 3.8) is 0 Å². The highest BCUT2D eigenvalue weighted by atomic mass is 32.2. The second-order valence-electron chi connectivity index (χ2n) is 9.99. The summed E-state index contributed by atoms with van der Waals surface area (Å²) in [5, 5.41) is 10.8. The zero-order valence-electron chi connectivity index (χ0n) is 19.0. The molecule has 3 heterocycles. The number of rotatable bonds is 3. The van der Waals surface area contributed by atoms with Crippen molar-refractivity contribution < 1.29 is 9.59 Å². The van der Waals surface area contributed by atoms with Crippen LogP contribution in [0.1, 0.15) is 50.4 Å². The number of thioether (sulfide) groups is 1. The molecule has 2 unspecified atom stereocenters. The highest BCUT2D eigenvalue weighted by Crippen LogP contribution is 2.40. The smallest absolute Gasteiger partial charge is 0.247 e. The number of benzene rings is 1. The number of aromatic amines is 1. The lowest BCUT2D eigenvalue weighted by Gasteiger charge is -2.34. The van der Waals surface area contributed by atoms with Crippen molar-refractivity contribution in [3.8, 4) is 6.07 Å². The van der Waals surface area contributed by atoms with Crippen molar-refractivity contribution in [2.45, 2.75) is 56.7 Å². The number of aryl methyl sites for hydroxylation is 1. The first-order chi connectivity index (χ1) is 15.7. The van der Waals surface area contributed by atoms with E-state index in [-0.39, 0.29) is 23.7 Å². The zero-order chi connectivity index (χ0) is 23.3. The average Bonchev–Trinajstić information content (AvgIpc) is 3.35. The fourth-order valence-corrected chi connectivity index (χ4v) is 5.93. The number of nitrogens with zero attached hydrogens (tertiary/aromatic N) is 3. The standard InChI is InChI=1S/C26H26N4O2S/c1-26(2,3)18-5-7-20-16(11-18)10-17(14-27)24(29-20)33-22-13-23(31)30(25(22)32)19-6-4-15-8-9-28-21(15)12-19/h4,6,8-10,12,18,22,28H,5,7,11,13H2,1-3H3. The maximum absolute atomic E-state index is 13.2. The molecular formula is C26H26N4O2S. The third-order valence-electron chi connectivity index (χ3n) is 6.85. The Morgan fingerprint density at radius 3 is 2.76 bits per heavy atom. The second-order valence-corrected chi connectivity index (χ2v) is 11.2. The molecule has 0 radical (unpaired) electrons. The minimum Gasteiger partial charge on any atom is -0.361 e. The molecule has 33 heavy (non-hydrogen) atoms. The Bertz CT molecular complexity index is 1310. The Kier molecular flexibility index (Phi) is 5.29. The molecule has 2 aliphatic rings. The molecule has 5 rings (SSSR count). The quantitative estimate of drug-likeness (QED) is 0.557. The predicted octanol–water partition coefficient (Wildman–Crippen LogP) is 5.01. The lowest BCUT2D eigenvalue weighted by atomic mass is 9.71. The largest absolute Gasteiger partial charge is 0.361 e. The van der Waals surface area contributed by atoms with Gasteiger partial charge in [-0.25, -0.2) is 9.88 Å². The first-order valence-electron chi connectivity index (χ1n) is 11.3. The number of carbonyl (C=O) groups excluding carboxylic acids is 2. The normalized spacial score (nSPS) is 20.8. The van der Waals surface area contributed by atoms with E-state index in [1.54, 1.807) is 6.07 Å². The lowest BCUT2D eigenvalue weighted by Crippen LogP contribution is -2.31. The van der Waals surface area contributed by atoms with Gasteiger partial charge in [0.1, 0.15) is 11.1 Å². The van der Waals surface area contributed by atoms with Gasteiger partial charge in [0, 0.05) is 23.8 Å². The third-order valence-corrected chi connectivity index (χ3v) is 8.04. The maximum Gasteiger partial charge on any atom is 0.247 e. The van der Waals surface area contributed by atoms with Crippen LogP contribution in [0.15, 0.2) is 41.6 Å². The van der Waals surface area contributed by atoms with Crippen LogP contribution in [-0.2, 0) is 22.4 Å². The van der Waals surface area contributed by atoms with Crippen LogP contribution in [0.25, 0.3) is 10.9 Å². The van der Waals surface area contributed by atoms with E-state index >= 15 is 0 Å². The first kappa shape index (κ1) is 21.7. The van der Waals surface area contributed by atoms with Gasteiger partial charge < -0.3 is 4.98 Å². The summed E-state index contributed by atoms with van der Waals surface area (Å²) in [6, 6.07) is 11.7. The van der Waals surface area contributed by atoms with E-state index in [1.165, 1.54) is 16.7 Å². The number of hydrogen-bond acceptors (Lipinski definition) is 5. The molecule has 0 bridgehead atoms. The number of nitriles is 1. The van der Waals surface area contributed by atoms with Crippen molar-refractivity contribution in [3.05, 3.63) is 53.3 Å². The number of H-pyrrole nitrogens is 1. The van der Waals surface area contributed by atoms with Crippen LogP contribution >= 0.6 is 11.8 Å². The molecular weight excluding hydrogens is 432 g/mol. The van der Waals surface area contributed by atoms with Gasteiger partial charge >= 0.3 is 0 Å². The summed E-state index contributed by atoms with van der Waals surface area (Å²) in [7, 11) is 0. The van der Waals surface area contributed by atoms with Crippen LogP contribution in [-0.4, -0.2) is 27.0 Å². The number of carbonyl (C=O) groups is 2. The van der Waals surface area contributed by atoms with Crippen molar-refractivity contribution in [1.29, 1.82) is 5.26 Å². The van der Waals surface area contributed by atoms with Crippen LogP contribution < -0.4 is 4.90 Å². The van der Waals surface area contributed by atoms with E-state index in [4.69, 9.17) is 4.98 Å².